The molecule has 0 aliphatic carbocycles. The number of nitrogens with zero attached hydrogens (tertiary/aromatic N) is 4. The molecular weight excluding hydrogens is 268 g/mol. The highest BCUT2D eigenvalue weighted by Crippen LogP contribution is 2.32. The topological polar surface area (TPSA) is 61.6 Å². The standard InChI is InChI=1S/C15H26N4O2/c1-4-17(2)15(21)5-6-19-9-13(11-20)14(10-19)12-7-16-18(3)8-12/h7-8,13-14,20H,4-6,9-11H2,1-3H3/t13-,14-/m0/s1. The van der Waals surface area contributed by atoms with Crippen LogP contribution < -0.4 is 0 Å². The van der Waals surface area contributed by atoms with E-state index in [1.807, 2.05) is 33.4 Å². The summed E-state index contributed by atoms with van der Waals surface area (Å²) < 4.78 is 1.80. The van der Waals surface area contributed by atoms with E-state index >= 15 is 0 Å². The van der Waals surface area contributed by atoms with E-state index in [1.165, 1.54) is 5.56 Å². The van der Waals surface area contributed by atoms with Crippen LogP contribution in [0, 0.1) is 5.92 Å². The molecule has 1 saturated heterocycles. The maximum absolute atomic E-state index is 11.9. The molecule has 1 N–H and O–H groups in total. The Morgan fingerprint density at radius 2 is 2.29 bits per heavy atom. The van der Waals surface area contributed by atoms with Gasteiger partial charge in [0.25, 0.3) is 0 Å². The summed E-state index contributed by atoms with van der Waals surface area (Å²) in [4.78, 5) is 15.9. The highest BCUT2D eigenvalue weighted by Gasteiger charge is 2.34. The van der Waals surface area contributed by atoms with Gasteiger partial charge in [-0.3, -0.25) is 9.48 Å². The highest BCUT2D eigenvalue weighted by atomic mass is 16.3. The number of rotatable bonds is 6. The summed E-state index contributed by atoms with van der Waals surface area (Å²) in [5.74, 6) is 0.721. The molecule has 21 heavy (non-hydrogen) atoms. The predicted octanol–water partition coefficient (Wildman–Crippen LogP) is 0.296. The number of aryl methyl sites for hydroxylation is 1. The van der Waals surface area contributed by atoms with E-state index in [9.17, 15) is 9.90 Å². The highest BCUT2D eigenvalue weighted by molar-refractivity contribution is 5.75. The first-order valence-corrected chi connectivity index (χ1v) is 7.60. The van der Waals surface area contributed by atoms with Gasteiger partial charge < -0.3 is 14.9 Å². The van der Waals surface area contributed by atoms with E-state index in [1.54, 1.807) is 9.58 Å². The molecule has 0 bridgehead atoms. The van der Waals surface area contributed by atoms with Crippen molar-refractivity contribution in [1.29, 1.82) is 0 Å². The molecular formula is C15H26N4O2. The minimum atomic E-state index is 0.179. The van der Waals surface area contributed by atoms with Crippen molar-refractivity contribution in [3.63, 3.8) is 0 Å². The van der Waals surface area contributed by atoms with Gasteiger partial charge in [-0.1, -0.05) is 0 Å². The molecule has 1 amide bonds. The van der Waals surface area contributed by atoms with Crippen molar-refractivity contribution in [3.05, 3.63) is 18.0 Å². The zero-order valence-electron chi connectivity index (χ0n) is 13.2. The monoisotopic (exact) mass is 294 g/mol. The molecule has 1 aromatic rings. The third-order valence-corrected chi connectivity index (χ3v) is 4.45. The van der Waals surface area contributed by atoms with Gasteiger partial charge in [-0.05, 0) is 12.5 Å². The third kappa shape index (κ3) is 3.83. The Hall–Kier alpha value is -1.40. The number of aromatic nitrogens is 2. The van der Waals surface area contributed by atoms with E-state index < -0.39 is 0 Å². The normalized spacial score (nSPS) is 22.7. The van der Waals surface area contributed by atoms with E-state index in [4.69, 9.17) is 0 Å². The number of aliphatic hydroxyl groups excluding tert-OH is 1. The Kier molecular flexibility index (Phi) is 5.36. The molecule has 0 saturated carbocycles. The number of hydrogen-bond acceptors (Lipinski definition) is 4. The van der Waals surface area contributed by atoms with Crippen molar-refractivity contribution in [3.8, 4) is 0 Å². The van der Waals surface area contributed by atoms with Crippen LogP contribution in [0.3, 0.4) is 0 Å². The van der Waals surface area contributed by atoms with Crippen molar-refractivity contribution >= 4 is 5.91 Å². The Bertz CT molecular complexity index is 474. The number of carbonyl (C=O) groups excluding carboxylic acids is 1. The minimum absolute atomic E-state index is 0.179. The van der Waals surface area contributed by atoms with Gasteiger partial charge in [0.15, 0.2) is 0 Å². The van der Waals surface area contributed by atoms with Gasteiger partial charge in [0.1, 0.15) is 0 Å². The first kappa shape index (κ1) is 16.0. The predicted molar refractivity (Wildman–Crippen MR) is 80.9 cm³/mol. The summed E-state index contributed by atoms with van der Waals surface area (Å²) in [5.41, 5.74) is 1.18. The van der Waals surface area contributed by atoms with E-state index in [-0.39, 0.29) is 18.4 Å². The first-order chi connectivity index (χ1) is 10.0. The quantitative estimate of drug-likeness (QED) is 0.819. The largest absolute Gasteiger partial charge is 0.396 e. The molecule has 6 heteroatoms. The van der Waals surface area contributed by atoms with Crippen molar-refractivity contribution in [2.75, 3.05) is 39.8 Å². The fourth-order valence-electron chi connectivity index (χ4n) is 2.96. The summed E-state index contributed by atoms with van der Waals surface area (Å²) in [7, 11) is 3.74. The van der Waals surface area contributed by atoms with Crippen molar-refractivity contribution < 1.29 is 9.90 Å². The molecule has 2 atom stereocenters. The Morgan fingerprint density at radius 1 is 1.52 bits per heavy atom. The number of hydrogen-bond donors (Lipinski definition) is 1. The van der Waals surface area contributed by atoms with Crippen LogP contribution in [0.15, 0.2) is 12.4 Å². The zero-order chi connectivity index (χ0) is 15.4. The number of aliphatic hydroxyl groups is 1. The minimum Gasteiger partial charge on any atom is -0.396 e. The lowest BCUT2D eigenvalue weighted by molar-refractivity contribution is -0.130. The average Bonchev–Trinajstić information content (AvgIpc) is 3.09. The lowest BCUT2D eigenvalue weighted by atomic mass is 9.92. The fourth-order valence-corrected chi connectivity index (χ4v) is 2.96. The van der Waals surface area contributed by atoms with Gasteiger partial charge in [-0.2, -0.15) is 5.10 Å². The van der Waals surface area contributed by atoms with Crippen LogP contribution in [-0.2, 0) is 11.8 Å². The Labute approximate surface area is 126 Å². The van der Waals surface area contributed by atoms with E-state index in [0.717, 1.165) is 26.2 Å². The smallest absolute Gasteiger partial charge is 0.223 e. The fraction of sp³-hybridized carbons (Fsp3) is 0.733. The zero-order valence-corrected chi connectivity index (χ0v) is 13.2. The summed E-state index contributed by atoms with van der Waals surface area (Å²) >= 11 is 0. The molecule has 0 radical (unpaired) electrons. The maximum Gasteiger partial charge on any atom is 0.223 e. The van der Waals surface area contributed by atoms with Gasteiger partial charge in [0.05, 0.1) is 6.20 Å². The Morgan fingerprint density at radius 3 is 2.86 bits per heavy atom. The molecule has 1 aromatic heterocycles. The third-order valence-electron chi connectivity index (χ3n) is 4.45. The second-order valence-electron chi connectivity index (χ2n) is 5.91. The van der Waals surface area contributed by atoms with Crippen LogP contribution >= 0.6 is 0 Å². The lowest BCUT2D eigenvalue weighted by Gasteiger charge is -2.18. The van der Waals surface area contributed by atoms with Gasteiger partial charge in [-0.25, -0.2) is 0 Å². The van der Waals surface area contributed by atoms with E-state index in [0.29, 0.717) is 12.3 Å². The van der Waals surface area contributed by atoms with Crippen LogP contribution in [0.25, 0.3) is 0 Å². The van der Waals surface area contributed by atoms with Crippen LogP contribution in [0.5, 0.6) is 0 Å². The molecule has 2 rings (SSSR count). The second kappa shape index (κ2) is 7.04. The molecule has 6 nitrogen and oxygen atoms in total. The summed E-state index contributed by atoms with van der Waals surface area (Å²) in [6.45, 7) is 5.40. The number of carbonyl (C=O) groups is 1. The molecule has 0 aromatic carbocycles. The summed E-state index contributed by atoms with van der Waals surface area (Å²) in [6.07, 6.45) is 4.45. The van der Waals surface area contributed by atoms with Gasteiger partial charge in [0, 0.05) is 71.3 Å². The summed E-state index contributed by atoms with van der Waals surface area (Å²) in [5, 5.41) is 13.8. The lowest BCUT2D eigenvalue weighted by Crippen LogP contribution is -2.31. The molecule has 1 fully saturated rings. The van der Waals surface area contributed by atoms with Crippen LogP contribution in [0.2, 0.25) is 0 Å². The van der Waals surface area contributed by atoms with Gasteiger partial charge >= 0.3 is 0 Å². The molecule has 1 aliphatic heterocycles. The van der Waals surface area contributed by atoms with Crippen LogP contribution in [-0.4, -0.2) is 70.4 Å². The molecule has 2 heterocycles. The summed E-state index contributed by atoms with van der Waals surface area (Å²) in [6, 6.07) is 0. The number of amides is 1. The SMILES string of the molecule is CCN(C)C(=O)CCN1C[C@@H](CO)[C@H](c2cnn(C)c2)C1. The second-order valence-corrected chi connectivity index (χ2v) is 5.91. The van der Waals surface area contributed by atoms with Gasteiger partial charge in [-0.15, -0.1) is 0 Å². The average molecular weight is 294 g/mol. The molecule has 1 aliphatic rings. The number of likely N-dealkylation sites (tertiary alicyclic amines) is 1. The first-order valence-electron chi connectivity index (χ1n) is 7.60. The molecule has 0 spiro atoms. The van der Waals surface area contributed by atoms with Gasteiger partial charge in [0.2, 0.25) is 5.91 Å². The van der Waals surface area contributed by atoms with Crippen LogP contribution in [0.4, 0.5) is 0 Å². The van der Waals surface area contributed by atoms with Crippen molar-refractivity contribution in [1.82, 2.24) is 19.6 Å². The van der Waals surface area contributed by atoms with Crippen molar-refractivity contribution in [2.45, 2.75) is 19.3 Å². The molecule has 0 unspecified atom stereocenters. The van der Waals surface area contributed by atoms with E-state index in [2.05, 4.69) is 10.00 Å². The van der Waals surface area contributed by atoms with Crippen molar-refractivity contribution in [2.24, 2.45) is 13.0 Å². The van der Waals surface area contributed by atoms with Crippen LogP contribution in [0.1, 0.15) is 24.8 Å². The maximum atomic E-state index is 11.9. The Balaban J connectivity index is 1.91. The molecule has 118 valence electrons.